The standard InChI is InChI=1S/C18H15FN4O/c19-11-5-7-12(8-6-11)20-16-14-3-1-2-4-15(14)22-17(23-16)18(24)21-13-9-10-13/h1-8,13H,9-10H2,(H,21,24)(H,20,22,23). The van der Waals surface area contributed by atoms with E-state index in [0.717, 1.165) is 18.2 Å². The summed E-state index contributed by atoms with van der Waals surface area (Å²) in [6.07, 6.45) is 2.00. The Morgan fingerprint density at radius 2 is 1.79 bits per heavy atom. The van der Waals surface area contributed by atoms with Gasteiger partial charge in [0.05, 0.1) is 5.52 Å². The second kappa shape index (κ2) is 5.88. The number of aromatic nitrogens is 2. The number of hydrogen-bond acceptors (Lipinski definition) is 4. The molecular weight excluding hydrogens is 307 g/mol. The second-order valence-corrected chi connectivity index (χ2v) is 5.79. The SMILES string of the molecule is O=C(NC1CC1)c1nc(Nc2ccc(F)cc2)c2ccccc2n1. The lowest BCUT2D eigenvalue weighted by Crippen LogP contribution is -2.27. The third-order valence-electron chi connectivity index (χ3n) is 3.83. The van der Waals surface area contributed by atoms with Crippen molar-refractivity contribution in [3.63, 3.8) is 0 Å². The summed E-state index contributed by atoms with van der Waals surface area (Å²) in [5.74, 6) is 0.0707. The number of para-hydroxylation sites is 1. The Morgan fingerprint density at radius 3 is 2.54 bits per heavy atom. The van der Waals surface area contributed by atoms with E-state index < -0.39 is 0 Å². The number of hydrogen-bond donors (Lipinski definition) is 2. The molecule has 0 atom stereocenters. The van der Waals surface area contributed by atoms with Crippen molar-refractivity contribution in [2.45, 2.75) is 18.9 Å². The summed E-state index contributed by atoms with van der Waals surface area (Å²) in [4.78, 5) is 21.0. The Kier molecular flexibility index (Phi) is 3.57. The average Bonchev–Trinajstić information content (AvgIpc) is 3.41. The molecule has 1 fully saturated rings. The summed E-state index contributed by atoms with van der Waals surface area (Å²) in [5.41, 5.74) is 1.37. The zero-order valence-electron chi connectivity index (χ0n) is 12.8. The van der Waals surface area contributed by atoms with Crippen LogP contribution in [0.3, 0.4) is 0 Å². The molecule has 2 aromatic carbocycles. The first-order chi connectivity index (χ1) is 11.7. The summed E-state index contributed by atoms with van der Waals surface area (Å²) >= 11 is 0. The number of carbonyl (C=O) groups is 1. The molecule has 24 heavy (non-hydrogen) atoms. The van der Waals surface area contributed by atoms with E-state index in [4.69, 9.17) is 0 Å². The first-order valence-corrected chi connectivity index (χ1v) is 7.79. The van der Waals surface area contributed by atoms with Crippen molar-refractivity contribution in [1.29, 1.82) is 0 Å². The Bertz CT molecular complexity index is 907. The van der Waals surface area contributed by atoms with Gasteiger partial charge in [-0.2, -0.15) is 0 Å². The lowest BCUT2D eigenvalue weighted by atomic mass is 10.2. The van der Waals surface area contributed by atoms with Crippen LogP contribution in [0.2, 0.25) is 0 Å². The molecule has 1 aliphatic carbocycles. The van der Waals surface area contributed by atoms with Crippen molar-refractivity contribution in [3.8, 4) is 0 Å². The van der Waals surface area contributed by atoms with Gasteiger partial charge in [0, 0.05) is 17.1 Å². The van der Waals surface area contributed by atoms with Crippen LogP contribution in [0.4, 0.5) is 15.9 Å². The molecule has 0 aliphatic heterocycles. The molecule has 1 aliphatic rings. The van der Waals surface area contributed by atoms with Crippen LogP contribution >= 0.6 is 0 Å². The number of benzene rings is 2. The van der Waals surface area contributed by atoms with E-state index in [-0.39, 0.29) is 23.6 Å². The van der Waals surface area contributed by atoms with Gasteiger partial charge in [-0.3, -0.25) is 4.79 Å². The summed E-state index contributed by atoms with van der Waals surface area (Å²) in [5, 5.41) is 6.83. The van der Waals surface area contributed by atoms with E-state index in [2.05, 4.69) is 20.6 Å². The molecule has 0 radical (unpaired) electrons. The van der Waals surface area contributed by atoms with E-state index in [1.165, 1.54) is 12.1 Å². The van der Waals surface area contributed by atoms with Crippen molar-refractivity contribution in [2.24, 2.45) is 0 Å². The summed E-state index contributed by atoms with van der Waals surface area (Å²) in [7, 11) is 0. The fourth-order valence-electron chi connectivity index (χ4n) is 2.42. The first kappa shape index (κ1) is 14.6. The van der Waals surface area contributed by atoms with Crippen molar-refractivity contribution in [1.82, 2.24) is 15.3 Å². The van der Waals surface area contributed by atoms with Crippen LogP contribution in [0.15, 0.2) is 48.5 Å². The number of halogens is 1. The average molecular weight is 322 g/mol. The van der Waals surface area contributed by atoms with Crippen LogP contribution in [-0.4, -0.2) is 21.9 Å². The van der Waals surface area contributed by atoms with Gasteiger partial charge < -0.3 is 10.6 Å². The maximum atomic E-state index is 13.1. The normalized spacial score (nSPS) is 13.7. The van der Waals surface area contributed by atoms with Crippen molar-refractivity contribution < 1.29 is 9.18 Å². The number of rotatable bonds is 4. The van der Waals surface area contributed by atoms with E-state index in [1.807, 2.05) is 24.3 Å². The Labute approximate surface area is 137 Å². The molecule has 1 saturated carbocycles. The maximum Gasteiger partial charge on any atom is 0.289 e. The molecule has 2 N–H and O–H groups in total. The Balaban J connectivity index is 1.73. The molecule has 120 valence electrons. The van der Waals surface area contributed by atoms with Gasteiger partial charge in [0.1, 0.15) is 11.6 Å². The zero-order valence-corrected chi connectivity index (χ0v) is 12.8. The number of nitrogens with one attached hydrogen (secondary N) is 2. The highest BCUT2D eigenvalue weighted by Crippen LogP contribution is 2.24. The maximum absolute atomic E-state index is 13.1. The van der Waals surface area contributed by atoms with Crippen molar-refractivity contribution in [3.05, 3.63) is 60.2 Å². The Morgan fingerprint density at radius 1 is 1.04 bits per heavy atom. The fraction of sp³-hybridized carbons (Fsp3) is 0.167. The van der Waals surface area contributed by atoms with Gasteiger partial charge in [-0.1, -0.05) is 12.1 Å². The van der Waals surface area contributed by atoms with Crippen LogP contribution < -0.4 is 10.6 Å². The third kappa shape index (κ3) is 3.03. The van der Waals surface area contributed by atoms with E-state index in [1.54, 1.807) is 12.1 Å². The van der Waals surface area contributed by atoms with Gasteiger partial charge >= 0.3 is 0 Å². The monoisotopic (exact) mass is 322 g/mol. The molecule has 0 bridgehead atoms. The number of nitrogens with zero attached hydrogens (tertiary/aromatic N) is 2. The van der Waals surface area contributed by atoms with Crippen LogP contribution in [0.25, 0.3) is 10.9 Å². The van der Waals surface area contributed by atoms with Gasteiger partial charge in [0.15, 0.2) is 0 Å². The molecular formula is C18H15FN4O. The zero-order chi connectivity index (χ0) is 16.5. The van der Waals surface area contributed by atoms with Crippen LogP contribution in [0.5, 0.6) is 0 Å². The number of fused-ring (bicyclic) bond motifs is 1. The highest BCUT2D eigenvalue weighted by Gasteiger charge is 2.25. The third-order valence-corrected chi connectivity index (χ3v) is 3.83. The molecule has 1 aromatic heterocycles. The molecule has 0 spiro atoms. The van der Waals surface area contributed by atoms with E-state index in [9.17, 15) is 9.18 Å². The second-order valence-electron chi connectivity index (χ2n) is 5.79. The van der Waals surface area contributed by atoms with Gasteiger partial charge in [-0.05, 0) is 49.2 Å². The summed E-state index contributed by atoms with van der Waals surface area (Å²) < 4.78 is 13.1. The highest BCUT2D eigenvalue weighted by molar-refractivity contribution is 5.97. The molecule has 6 heteroatoms. The van der Waals surface area contributed by atoms with Gasteiger partial charge in [0.2, 0.25) is 5.82 Å². The summed E-state index contributed by atoms with van der Waals surface area (Å²) in [6, 6.07) is 13.7. The fourth-order valence-corrected chi connectivity index (χ4v) is 2.42. The minimum absolute atomic E-state index is 0.130. The highest BCUT2D eigenvalue weighted by atomic mass is 19.1. The molecule has 1 heterocycles. The first-order valence-electron chi connectivity index (χ1n) is 7.79. The predicted molar refractivity (Wildman–Crippen MR) is 89.7 cm³/mol. The molecule has 1 amide bonds. The van der Waals surface area contributed by atoms with Gasteiger partial charge in [-0.25, -0.2) is 14.4 Å². The lowest BCUT2D eigenvalue weighted by molar-refractivity contribution is 0.0941. The minimum Gasteiger partial charge on any atom is -0.347 e. The molecule has 5 nitrogen and oxygen atoms in total. The van der Waals surface area contributed by atoms with Crippen LogP contribution in [0, 0.1) is 5.82 Å². The quantitative estimate of drug-likeness (QED) is 0.772. The minimum atomic E-state index is -0.308. The predicted octanol–water partition coefficient (Wildman–Crippen LogP) is 3.40. The number of anilines is 2. The van der Waals surface area contributed by atoms with E-state index in [0.29, 0.717) is 17.0 Å². The molecule has 3 aromatic rings. The van der Waals surface area contributed by atoms with Gasteiger partial charge in [0.25, 0.3) is 5.91 Å². The molecule has 0 unspecified atom stereocenters. The Hall–Kier alpha value is -3.02. The summed E-state index contributed by atoms with van der Waals surface area (Å²) in [6.45, 7) is 0. The van der Waals surface area contributed by atoms with Crippen LogP contribution in [0.1, 0.15) is 23.5 Å². The number of amides is 1. The molecule has 4 rings (SSSR count). The lowest BCUT2D eigenvalue weighted by Gasteiger charge is -2.11. The largest absolute Gasteiger partial charge is 0.347 e. The smallest absolute Gasteiger partial charge is 0.289 e. The van der Waals surface area contributed by atoms with Crippen molar-refractivity contribution in [2.75, 3.05) is 5.32 Å². The topological polar surface area (TPSA) is 66.9 Å². The molecule has 0 saturated heterocycles. The van der Waals surface area contributed by atoms with E-state index >= 15 is 0 Å². The van der Waals surface area contributed by atoms with Gasteiger partial charge in [-0.15, -0.1) is 0 Å². The van der Waals surface area contributed by atoms with Crippen molar-refractivity contribution >= 4 is 28.3 Å². The van der Waals surface area contributed by atoms with Crippen LogP contribution in [-0.2, 0) is 0 Å². The number of carbonyl (C=O) groups excluding carboxylic acids is 1.